The summed E-state index contributed by atoms with van der Waals surface area (Å²) in [7, 11) is 1.64. The van der Waals surface area contributed by atoms with E-state index in [9.17, 15) is 9.59 Å². The van der Waals surface area contributed by atoms with Crippen LogP contribution in [0.4, 0.5) is 5.69 Å². The van der Waals surface area contributed by atoms with Gasteiger partial charge in [-0.25, -0.2) is 0 Å². The molecule has 0 aliphatic carbocycles. The summed E-state index contributed by atoms with van der Waals surface area (Å²) in [5.41, 5.74) is 2.81. The molecule has 0 bridgehead atoms. The van der Waals surface area contributed by atoms with Gasteiger partial charge in [0.25, 0.3) is 11.8 Å². The van der Waals surface area contributed by atoms with Crippen LogP contribution in [0.1, 0.15) is 68.1 Å². The Morgan fingerprint density at radius 3 is 2.48 bits per heavy atom. The van der Waals surface area contributed by atoms with Gasteiger partial charge < -0.3 is 15.0 Å². The second-order valence-corrected chi connectivity index (χ2v) is 8.50. The molecule has 1 aliphatic heterocycles. The molecule has 1 atom stereocenters. The predicted octanol–water partition coefficient (Wildman–Crippen LogP) is 4.93. The number of rotatable bonds is 5. The van der Waals surface area contributed by atoms with E-state index in [1.165, 1.54) is 0 Å². The first-order chi connectivity index (χ1) is 13.8. The Bertz CT molecular complexity index is 915. The van der Waals surface area contributed by atoms with Crippen LogP contribution in [0.3, 0.4) is 0 Å². The number of unbranched alkanes of at least 4 members (excludes halogenated alkanes) is 1. The Kier molecular flexibility index (Phi) is 5.96. The summed E-state index contributed by atoms with van der Waals surface area (Å²) in [4.78, 5) is 28.3. The van der Waals surface area contributed by atoms with Gasteiger partial charge in [-0.1, -0.05) is 58.4 Å². The molecule has 5 nitrogen and oxygen atoms in total. The molecule has 5 heteroatoms. The Morgan fingerprint density at radius 2 is 1.83 bits per heavy atom. The molecule has 2 aromatic carbocycles. The highest BCUT2D eigenvalue weighted by molar-refractivity contribution is 6.10. The molecule has 0 aromatic heterocycles. The molecule has 0 saturated heterocycles. The molecule has 0 radical (unpaired) electrons. The number of carbonyl (C=O) groups excluding carboxylic acids is 2. The van der Waals surface area contributed by atoms with Gasteiger partial charge in [0.2, 0.25) is 0 Å². The number of carbonyl (C=O) groups is 2. The van der Waals surface area contributed by atoms with Gasteiger partial charge in [0.1, 0.15) is 11.8 Å². The number of ether oxygens (including phenoxy) is 1. The number of para-hydroxylation sites is 1. The van der Waals surface area contributed by atoms with Crippen molar-refractivity contribution < 1.29 is 14.3 Å². The number of hydrogen-bond acceptors (Lipinski definition) is 3. The standard InChI is InChI=1S/C24H30N2O3/c1-6-7-14-26-21(16-12-13-18(24(2,3)4)20(15-16)29-5)22(27)25-19-11-9-8-10-17(19)23(26)28/h8-13,15,21H,6-7,14H2,1-5H3,(H,25,27). The van der Waals surface area contributed by atoms with E-state index in [0.29, 0.717) is 17.8 Å². The van der Waals surface area contributed by atoms with Crippen LogP contribution >= 0.6 is 0 Å². The fraction of sp³-hybridized carbons (Fsp3) is 0.417. The quantitative estimate of drug-likeness (QED) is 0.782. The summed E-state index contributed by atoms with van der Waals surface area (Å²) >= 11 is 0. The fourth-order valence-corrected chi connectivity index (χ4v) is 3.78. The minimum atomic E-state index is -0.704. The van der Waals surface area contributed by atoms with Crippen molar-refractivity contribution in [3.05, 3.63) is 59.2 Å². The van der Waals surface area contributed by atoms with E-state index < -0.39 is 6.04 Å². The zero-order valence-electron chi connectivity index (χ0n) is 17.9. The van der Waals surface area contributed by atoms with E-state index >= 15 is 0 Å². The van der Waals surface area contributed by atoms with Gasteiger partial charge in [-0.05, 0) is 41.2 Å². The molecular formula is C24H30N2O3. The minimum Gasteiger partial charge on any atom is -0.496 e. The monoisotopic (exact) mass is 394 g/mol. The Labute approximate surface area is 173 Å². The van der Waals surface area contributed by atoms with Crippen molar-refractivity contribution in [2.75, 3.05) is 19.0 Å². The molecule has 154 valence electrons. The van der Waals surface area contributed by atoms with Crippen molar-refractivity contribution in [1.29, 1.82) is 0 Å². The Balaban J connectivity index is 2.10. The van der Waals surface area contributed by atoms with Gasteiger partial charge in [-0.15, -0.1) is 0 Å². The van der Waals surface area contributed by atoms with E-state index in [2.05, 4.69) is 33.0 Å². The summed E-state index contributed by atoms with van der Waals surface area (Å²) in [5, 5.41) is 2.95. The first-order valence-corrected chi connectivity index (χ1v) is 10.2. The van der Waals surface area contributed by atoms with E-state index in [4.69, 9.17) is 4.74 Å². The van der Waals surface area contributed by atoms with Crippen LogP contribution in [0, 0.1) is 0 Å². The summed E-state index contributed by atoms with van der Waals surface area (Å²) in [6.45, 7) is 8.96. The summed E-state index contributed by atoms with van der Waals surface area (Å²) in [5.74, 6) is 0.397. The van der Waals surface area contributed by atoms with Crippen molar-refractivity contribution in [2.24, 2.45) is 0 Å². The van der Waals surface area contributed by atoms with E-state index in [1.54, 1.807) is 24.1 Å². The smallest absolute Gasteiger partial charge is 0.256 e. The summed E-state index contributed by atoms with van der Waals surface area (Å²) < 4.78 is 5.64. The zero-order valence-corrected chi connectivity index (χ0v) is 17.9. The van der Waals surface area contributed by atoms with E-state index in [1.807, 2.05) is 30.3 Å². The SMILES string of the molecule is CCCCN1C(=O)c2ccccc2NC(=O)C1c1ccc(C(C)(C)C)c(OC)c1. The van der Waals surface area contributed by atoms with Crippen LogP contribution in [0.25, 0.3) is 0 Å². The van der Waals surface area contributed by atoms with Crippen LogP contribution in [0.5, 0.6) is 5.75 Å². The van der Waals surface area contributed by atoms with Crippen molar-refractivity contribution in [3.63, 3.8) is 0 Å². The van der Waals surface area contributed by atoms with Gasteiger partial charge in [-0.2, -0.15) is 0 Å². The van der Waals surface area contributed by atoms with Crippen LogP contribution < -0.4 is 10.1 Å². The lowest BCUT2D eigenvalue weighted by Gasteiger charge is -2.30. The first kappa shape index (κ1) is 20.9. The second kappa shape index (κ2) is 8.27. The number of fused-ring (bicyclic) bond motifs is 1. The number of hydrogen-bond donors (Lipinski definition) is 1. The molecule has 1 heterocycles. The predicted molar refractivity (Wildman–Crippen MR) is 115 cm³/mol. The number of anilines is 1. The van der Waals surface area contributed by atoms with Crippen molar-refractivity contribution in [1.82, 2.24) is 4.90 Å². The normalized spacial score (nSPS) is 16.9. The molecule has 0 spiro atoms. The van der Waals surface area contributed by atoms with E-state index in [-0.39, 0.29) is 17.2 Å². The third-order valence-electron chi connectivity index (χ3n) is 5.34. The number of nitrogens with zero attached hydrogens (tertiary/aromatic N) is 1. The third-order valence-corrected chi connectivity index (χ3v) is 5.34. The average Bonchev–Trinajstić information content (AvgIpc) is 2.79. The fourth-order valence-electron chi connectivity index (χ4n) is 3.78. The minimum absolute atomic E-state index is 0.0937. The lowest BCUT2D eigenvalue weighted by Crippen LogP contribution is -2.39. The molecular weight excluding hydrogens is 364 g/mol. The van der Waals surface area contributed by atoms with E-state index in [0.717, 1.165) is 29.7 Å². The summed E-state index contributed by atoms with van der Waals surface area (Å²) in [6.07, 6.45) is 1.76. The Hall–Kier alpha value is -2.82. The number of nitrogens with one attached hydrogen (secondary N) is 1. The molecule has 1 aliphatic rings. The van der Waals surface area contributed by atoms with Crippen molar-refractivity contribution >= 4 is 17.5 Å². The molecule has 2 amide bonds. The number of amides is 2. The third kappa shape index (κ3) is 4.14. The lowest BCUT2D eigenvalue weighted by molar-refractivity contribution is -0.120. The highest BCUT2D eigenvalue weighted by atomic mass is 16.5. The van der Waals surface area contributed by atoms with Gasteiger partial charge >= 0.3 is 0 Å². The maximum Gasteiger partial charge on any atom is 0.256 e. The molecule has 0 fully saturated rings. The van der Waals surface area contributed by atoms with Crippen LogP contribution in [0.2, 0.25) is 0 Å². The van der Waals surface area contributed by atoms with Gasteiger partial charge in [0.05, 0.1) is 18.4 Å². The Morgan fingerprint density at radius 1 is 1.10 bits per heavy atom. The maximum atomic E-state index is 13.4. The van der Waals surface area contributed by atoms with Crippen molar-refractivity contribution in [3.8, 4) is 5.75 Å². The first-order valence-electron chi connectivity index (χ1n) is 10.2. The number of methoxy groups -OCH3 is 1. The lowest BCUT2D eigenvalue weighted by atomic mass is 9.85. The van der Waals surface area contributed by atoms with Gasteiger partial charge in [0.15, 0.2) is 0 Å². The van der Waals surface area contributed by atoms with Crippen molar-refractivity contribution in [2.45, 2.75) is 52.0 Å². The van der Waals surface area contributed by atoms with Crippen LogP contribution in [-0.2, 0) is 10.2 Å². The largest absolute Gasteiger partial charge is 0.496 e. The van der Waals surface area contributed by atoms with Crippen LogP contribution in [0.15, 0.2) is 42.5 Å². The highest BCUT2D eigenvalue weighted by Crippen LogP contribution is 2.37. The molecule has 0 saturated carbocycles. The summed E-state index contributed by atoms with van der Waals surface area (Å²) in [6, 6.07) is 12.3. The molecule has 29 heavy (non-hydrogen) atoms. The second-order valence-electron chi connectivity index (χ2n) is 8.50. The molecule has 2 aromatic rings. The molecule has 3 rings (SSSR count). The van der Waals surface area contributed by atoms with Gasteiger partial charge in [0, 0.05) is 6.54 Å². The zero-order chi connectivity index (χ0) is 21.2. The average molecular weight is 395 g/mol. The molecule has 1 unspecified atom stereocenters. The van der Waals surface area contributed by atoms with Crippen LogP contribution in [-0.4, -0.2) is 30.4 Å². The highest BCUT2D eigenvalue weighted by Gasteiger charge is 2.36. The number of benzene rings is 2. The topological polar surface area (TPSA) is 58.6 Å². The maximum absolute atomic E-state index is 13.4. The van der Waals surface area contributed by atoms with Gasteiger partial charge in [-0.3, -0.25) is 9.59 Å². The molecule has 1 N–H and O–H groups in total.